The van der Waals surface area contributed by atoms with Crippen LogP contribution < -0.4 is 15.4 Å². The van der Waals surface area contributed by atoms with Crippen molar-refractivity contribution in [2.75, 3.05) is 26.0 Å². The van der Waals surface area contributed by atoms with Crippen LogP contribution in [0.1, 0.15) is 0 Å². The molecule has 0 spiro atoms. The standard InChI is InChI=1S/C10H12N4O3S/c1-14-5-6(15)11-9(14)13-10(16)12-7-3-4-8(17-2)18-7/h3-4H,5H2,1-2H3,(H2,11,12,13,15,16). The van der Waals surface area contributed by atoms with Crippen molar-refractivity contribution in [1.82, 2.24) is 10.2 Å². The maximum Gasteiger partial charge on any atom is 0.349 e. The van der Waals surface area contributed by atoms with E-state index in [2.05, 4.69) is 15.6 Å². The first-order valence-electron chi connectivity index (χ1n) is 5.13. The van der Waals surface area contributed by atoms with E-state index >= 15 is 0 Å². The maximum atomic E-state index is 11.6. The lowest BCUT2D eigenvalue weighted by Crippen LogP contribution is -2.29. The van der Waals surface area contributed by atoms with Gasteiger partial charge in [-0.2, -0.15) is 4.99 Å². The van der Waals surface area contributed by atoms with Crippen molar-refractivity contribution < 1.29 is 14.3 Å². The molecule has 0 radical (unpaired) electrons. The predicted molar refractivity (Wildman–Crippen MR) is 68.1 cm³/mol. The first-order valence-corrected chi connectivity index (χ1v) is 5.94. The highest BCUT2D eigenvalue weighted by molar-refractivity contribution is 7.18. The molecule has 18 heavy (non-hydrogen) atoms. The van der Waals surface area contributed by atoms with Crippen molar-refractivity contribution in [2.24, 2.45) is 4.99 Å². The van der Waals surface area contributed by atoms with Crippen LogP contribution in [0.3, 0.4) is 0 Å². The Morgan fingerprint density at radius 1 is 1.61 bits per heavy atom. The molecule has 1 aliphatic heterocycles. The summed E-state index contributed by atoms with van der Waals surface area (Å²) in [5, 5.41) is 6.42. The number of amides is 3. The molecule has 0 unspecified atom stereocenters. The van der Waals surface area contributed by atoms with E-state index in [1.165, 1.54) is 11.3 Å². The van der Waals surface area contributed by atoms with Crippen molar-refractivity contribution in [3.63, 3.8) is 0 Å². The van der Waals surface area contributed by atoms with E-state index in [9.17, 15) is 9.59 Å². The predicted octanol–water partition coefficient (Wildman–Crippen LogP) is 0.706. The highest BCUT2D eigenvalue weighted by atomic mass is 32.1. The molecular formula is C10H12N4O3S. The smallest absolute Gasteiger partial charge is 0.349 e. The summed E-state index contributed by atoms with van der Waals surface area (Å²) in [7, 11) is 3.23. The Morgan fingerprint density at radius 3 is 2.94 bits per heavy atom. The van der Waals surface area contributed by atoms with Gasteiger partial charge in [-0.25, -0.2) is 4.79 Å². The van der Waals surface area contributed by atoms with Crippen LogP contribution >= 0.6 is 11.3 Å². The number of hydrogen-bond acceptors (Lipinski definition) is 4. The SMILES string of the molecule is COc1ccc(NC(=O)N=C2NC(=O)CN2C)s1. The second-order valence-corrected chi connectivity index (χ2v) is 4.64. The molecule has 0 aromatic carbocycles. The van der Waals surface area contributed by atoms with Gasteiger partial charge in [0.05, 0.1) is 13.7 Å². The lowest BCUT2D eigenvalue weighted by atomic mass is 10.6. The molecule has 1 fully saturated rings. The van der Waals surface area contributed by atoms with Gasteiger partial charge in [0.1, 0.15) is 5.00 Å². The minimum atomic E-state index is -0.538. The number of nitrogens with one attached hydrogen (secondary N) is 2. The summed E-state index contributed by atoms with van der Waals surface area (Å²) in [6.07, 6.45) is 0. The molecule has 2 N–H and O–H groups in total. The van der Waals surface area contributed by atoms with Crippen LogP contribution in [0.25, 0.3) is 0 Å². The van der Waals surface area contributed by atoms with E-state index in [-0.39, 0.29) is 18.4 Å². The average molecular weight is 268 g/mol. The Hall–Kier alpha value is -2.09. The lowest BCUT2D eigenvalue weighted by Gasteiger charge is -2.07. The van der Waals surface area contributed by atoms with Crippen LogP contribution in [-0.2, 0) is 4.79 Å². The van der Waals surface area contributed by atoms with Gasteiger partial charge in [0.2, 0.25) is 11.9 Å². The maximum absolute atomic E-state index is 11.6. The molecule has 0 bridgehead atoms. The van der Waals surface area contributed by atoms with Gasteiger partial charge < -0.3 is 9.64 Å². The highest BCUT2D eigenvalue weighted by Gasteiger charge is 2.22. The molecule has 1 saturated heterocycles. The molecule has 0 aliphatic carbocycles. The summed E-state index contributed by atoms with van der Waals surface area (Å²) in [6.45, 7) is 0.207. The molecular weight excluding hydrogens is 256 g/mol. The Kier molecular flexibility index (Phi) is 3.47. The first-order chi connectivity index (χ1) is 8.58. The number of nitrogens with zero attached hydrogens (tertiary/aromatic N) is 2. The Labute approximate surface area is 107 Å². The van der Waals surface area contributed by atoms with E-state index in [4.69, 9.17) is 4.74 Å². The highest BCUT2D eigenvalue weighted by Crippen LogP contribution is 2.28. The fourth-order valence-corrected chi connectivity index (χ4v) is 2.10. The molecule has 0 atom stereocenters. The zero-order valence-corrected chi connectivity index (χ0v) is 10.7. The van der Waals surface area contributed by atoms with Gasteiger partial charge in [0, 0.05) is 7.05 Å². The van der Waals surface area contributed by atoms with Gasteiger partial charge in [0.15, 0.2) is 5.06 Å². The quantitative estimate of drug-likeness (QED) is 0.827. The van der Waals surface area contributed by atoms with Gasteiger partial charge in [-0.3, -0.25) is 15.4 Å². The fourth-order valence-electron chi connectivity index (χ4n) is 1.39. The van der Waals surface area contributed by atoms with Crippen LogP contribution in [0.5, 0.6) is 5.06 Å². The lowest BCUT2D eigenvalue weighted by molar-refractivity contribution is -0.118. The first kappa shape index (κ1) is 12.4. The van der Waals surface area contributed by atoms with Crippen LogP contribution in [0.4, 0.5) is 9.80 Å². The summed E-state index contributed by atoms with van der Waals surface area (Å²) in [6, 6.07) is 2.93. The molecule has 2 heterocycles. The second kappa shape index (κ2) is 5.05. The molecule has 2 rings (SSSR count). The number of carbonyl (C=O) groups is 2. The van der Waals surface area contributed by atoms with Crippen molar-refractivity contribution in [3.8, 4) is 5.06 Å². The number of anilines is 1. The number of hydrogen-bond donors (Lipinski definition) is 2. The normalized spacial score (nSPS) is 16.9. The molecule has 96 valence electrons. The van der Waals surface area contributed by atoms with Crippen molar-refractivity contribution in [1.29, 1.82) is 0 Å². The second-order valence-electron chi connectivity index (χ2n) is 3.59. The molecule has 1 aromatic heterocycles. The summed E-state index contributed by atoms with van der Waals surface area (Å²) < 4.78 is 5.01. The van der Waals surface area contributed by atoms with Gasteiger partial charge in [-0.05, 0) is 12.1 Å². The third kappa shape index (κ3) is 2.77. The van der Waals surface area contributed by atoms with Gasteiger partial charge in [-0.15, -0.1) is 0 Å². The van der Waals surface area contributed by atoms with Crippen LogP contribution in [0.15, 0.2) is 17.1 Å². The zero-order chi connectivity index (χ0) is 13.1. The van der Waals surface area contributed by atoms with E-state index in [1.54, 1.807) is 31.2 Å². The van der Waals surface area contributed by atoms with E-state index in [0.29, 0.717) is 10.1 Å². The van der Waals surface area contributed by atoms with Crippen molar-refractivity contribution >= 4 is 34.2 Å². The van der Waals surface area contributed by atoms with E-state index < -0.39 is 6.03 Å². The number of thiophene rings is 1. The number of carbonyl (C=O) groups excluding carboxylic acids is 2. The summed E-state index contributed by atoms with van der Waals surface area (Å²) in [4.78, 5) is 28.0. The largest absolute Gasteiger partial charge is 0.487 e. The monoisotopic (exact) mass is 268 g/mol. The summed E-state index contributed by atoms with van der Waals surface area (Å²) in [5.41, 5.74) is 0. The number of ether oxygens (including phenoxy) is 1. The van der Waals surface area contributed by atoms with Crippen LogP contribution in [0.2, 0.25) is 0 Å². The molecule has 1 aromatic rings. The number of likely N-dealkylation sites (N-methyl/N-ethyl adjacent to an activating group) is 1. The third-order valence-corrected chi connectivity index (χ3v) is 3.18. The number of rotatable bonds is 2. The Morgan fingerprint density at radius 2 is 2.39 bits per heavy atom. The van der Waals surface area contributed by atoms with Gasteiger partial charge >= 0.3 is 6.03 Å². The van der Waals surface area contributed by atoms with Crippen molar-refractivity contribution in [2.45, 2.75) is 0 Å². The third-order valence-electron chi connectivity index (χ3n) is 2.21. The molecule has 7 nitrogen and oxygen atoms in total. The van der Waals surface area contributed by atoms with Crippen LogP contribution in [-0.4, -0.2) is 43.5 Å². The molecule has 8 heteroatoms. The van der Waals surface area contributed by atoms with Gasteiger partial charge in [0.25, 0.3) is 0 Å². The van der Waals surface area contributed by atoms with E-state index in [0.717, 1.165) is 0 Å². The Balaban J connectivity index is 2.00. The molecule has 1 aliphatic rings. The molecule has 0 saturated carbocycles. The minimum Gasteiger partial charge on any atom is -0.487 e. The Bertz CT molecular complexity index is 511. The average Bonchev–Trinajstić information content (AvgIpc) is 2.86. The zero-order valence-electron chi connectivity index (χ0n) is 9.89. The number of aliphatic imine (C=N–C) groups is 1. The van der Waals surface area contributed by atoms with Crippen LogP contribution in [0, 0.1) is 0 Å². The number of methoxy groups -OCH3 is 1. The van der Waals surface area contributed by atoms with Gasteiger partial charge in [-0.1, -0.05) is 11.3 Å². The van der Waals surface area contributed by atoms with E-state index in [1.807, 2.05) is 0 Å². The fraction of sp³-hybridized carbons (Fsp3) is 0.300. The summed E-state index contributed by atoms with van der Waals surface area (Å²) in [5.74, 6) is 0.0721. The topological polar surface area (TPSA) is 83.0 Å². The van der Waals surface area contributed by atoms with Crippen molar-refractivity contribution in [3.05, 3.63) is 12.1 Å². The molecule has 3 amide bonds. The summed E-state index contributed by atoms with van der Waals surface area (Å²) >= 11 is 1.30. The minimum absolute atomic E-state index is 0.179. The number of urea groups is 1. The number of guanidine groups is 1.